The summed E-state index contributed by atoms with van der Waals surface area (Å²) in [5.74, 6) is 6.12. The zero-order chi connectivity index (χ0) is 26.5. The summed E-state index contributed by atoms with van der Waals surface area (Å²) in [7, 11) is 0. The van der Waals surface area contributed by atoms with Gasteiger partial charge in [-0.05, 0) is 62.9 Å². The zero-order valence-electron chi connectivity index (χ0n) is 21.0. The van der Waals surface area contributed by atoms with E-state index in [9.17, 15) is 9.90 Å². The van der Waals surface area contributed by atoms with Gasteiger partial charge in [-0.25, -0.2) is 4.98 Å². The van der Waals surface area contributed by atoms with Gasteiger partial charge in [0.25, 0.3) is 0 Å². The predicted octanol–water partition coefficient (Wildman–Crippen LogP) is 4.58. The summed E-state index contributed by atoms with van der Waals surface area (Å²) in [4.78, 5) is 27.2. The van der Waals surface area contributed by atoms with Gasteiger partial charge in [-0.15, -0.1) is 12.6 Å². The van der Waals surface area contributed by atoms with E-state index in [1.807, 2.05) is 54.0 Å². The Kier molecular flexibility index (Phi) is 7.77. The molecule has 4 N–H and O–H groups in total. The molecule has 0 unspecified atom stereocenters. The number of imidazole rings is 1. The minimum Gasteiger partial charge on any atom is -0.393 e. The van der Waals surface area contributed by atoms with Crippen molar-refractivity contribution in [1.29, 1.82) is 0 Å². The SMILES string of the molecule is CCn1cnc2c(Nc3cccc(NC(=O)C#Cc4ccccc4S)c3)nc(NC3CCC(O)CC3)nc21. The first-order valence-electron chi connectivity index (χ1n) is 12.6. The first-order chi connectivity index (χ1) is 18.5. The van der Waals surface area contributed by atoms with Gasteiger partial charge in [-0.2, -0.15) is 9.97 Å². The Morgan fingerprint density at radius 2 is 1.89 bits per heavy atom. The molecule has 10 heteroatoms. The average molecular weight is 528 g/mol. The molecule has 4 aromatic rings. The van der Waals surface area contributed by atoms with E-state index in [-0.39, 0.29) is 12.1 Å². The van der Waals surface area contributed by atoms with Crippen LogP contribution in [0.1, 0.15) is 38.2 Å². The molecule has 9 nitrogen and oxygen atoms in total. The van der Waals surface area contributed by atoms with Gasteiger partial charge >= 0.3 is 5.91 Å². The quantitative estimate of drug-likeness (QED) is 0.184. The summed E-state index contributed by atoms with van der Waals surface area (Å²) >= 11 is 4.37. The number of nitrogens with zero attached hydrogens (tertiary/aromatic N) is 4. The maximum Gasteiger partial charge on any atom is 0.300 e. The number of benzene rings is 2. The van der Waals surface area contributed by atoms with Gasteiger partial charge in [-0.1, -0.05) is 24.1 Å². The van der Waals surface area contributed by atoms with Crippen LogP contribution in [0.5, 0.6) is 0 Å². The van der Waals surface area contributed by atoms with Crippen LogP contribution in [0.3, 0.4) is 0 Å². The topological polar surface area (TPSA) is 117 Å². The Bertz CT molecular complexity index is 1520. The smallest absolute Gasteiger partial charge is 0.300 e. The highest BCUT2D eigenvalue weighted by Crippen LogP contribution is 2.27. The molecule has 2 heterocycles. The Hall–Kier alpha value is -4.07. The van der Waals surface area contributed by atoms with Crippen molar-refractivity contribution in [2.75, 3.05) is 16.0 Å². The zero-order valence-corrected chi connectivity index (χ0v) is 21.9. The lowest BCUT2D eigenvalue weighted by Crippen LogP contribution is -2.29. The summed E-state index contributed by atoms with van der Waals surface area (Å²) in [6, 6.07) is 14.9. The number of carbonyl (C=O) groups is 1. The number of thiol groups is 1. The highest BCUT2D eigenvalue weighted by molar-refractivity contribution is 7.80. The molecule has 0 bridgehead atoms. The number of aliphatic hydroxyl groups excluding tert-OH is 1. The van der Waals surface area contributed by atoms with Crippen LogP contribution in [0, 0.1) is 11.8 Å². The second-order valence-corrected chi connectivity index (χ2v) is 9.66. The van der Waals surface area contributed by atoms with Gasteiger partial charge in [0.2, 0.25) is 5.95 Å². The van der Waals surface area contributed by atoms with Crippen molar-refractivity contribution in [3.05, 3.63) is 60.4 Å². The molecule has 0 atom stereocenters. The third-order valence-corrected chi connectivity index (χ3v) is 6.82. The van der Waals surface area contributed by atoms with Crippen molar-refractivity contribution >= 4 is 52.8 Å². The fourth-order valence-electron chi connectivity index (χ4n) is 4.41. The highest BCUT2D eigenvalue weighted by Gasteiger charge is 2.21. The maximum absolute atomic E-state index is 12.4. The van der Waals surface area contributed by atoms with Crippen molar-refractivity contribution in [2.45, 2.75) is 56.2 Å². The fourth-order valence-corrected chi connectivity index (χ4v) is 4.62. The molecule has 1 aliphatic carbocycles. The minimum absolute atomic E-state index is 0.205. The average Bonchev–Trinajstić information content (AvgIpc) is 3.33. The summed E-state index contributed by atoms with van der Waals surface area (Å²) < 4.78 is 1.97. The summed E-state index contributed by atoms with van der Waals surface area (Å²) in [6.07, 6.45) is 4.78. The van der Waals surface area contributed by atoms with E-state index < -0.39 is 5.91 Å². The van der Waals surface area contributed by atoms with E-state index in [4.69, 9.17) is 9.97 Å². The number of amides is 1. The Morgan fingerprint density at radius 1 is 1.11 bits per heavy atom. The molecule has 1 saturated carbocycles. The monoisotopic (exact) mass is 527 g/mol. The number of rotatable bonds is 6. The molecule has 0 spiro atoms. The summed E-state index contributed by atoms with van der Waals surface area (Å²) in [5, 5.41) is 19.4. The van der Waals surface area contributed by atoms with Crippen LogP contribution in [0.2, 0.25) is 0 Å². The second-order valence-electron chi connectivity index (χ2n) is 9.18. The lowest BCUT2D eigenvalue weighted by Gasteiger charge is -2.26. The number of carbonyl (C=O) groups excluding carboxylic acids is 1. The van der Waals surface area contributed by atoms with Crippen LogP contribution in [0.15, 0.2) is 59.8 Å². The maximum atomic E-state index is 12.4. The lowest BCUT2D eigenvalue weighted by molar-refractivity contribution is -0.111. The summed E-state index contributed by atoms with van der Waals surface area (Å²) in [5.41, 5.74) is 3.40. The molecule has 0 aliphatic heterocycles. The molecule has 194 valence electrons. The van der Waals surface area contributed by atoms with Gasteiger partial charge < -0.3 is 25.6 Å². The largest absolute Gasteiger partial charge is 0.393 e. The third kappa shape index (κ3) is 6.07. The van der Waals surface area contributed by atoms with E-state index in [0.29, 0.717) is 28.5 Å². The van der Waals surface area contributed by atoms with Crippen molar-refractivity contribution in [3.63, 3.8) is 0 Å². The van der Waals surface area contributed by atoms with Gasteiger partial charge in [0, 0.05) is 40.3 Å². The van der Waals surface area contributed by atoms with Crippen molar-refractivity contribution in [2.24, 2.45) is 0 Å². The molecule has 2 aromatic heterocycles. The molecule has 1 amide bonds. The van der Waals surface area contributed by atoms with Crippen molar-refractivity contribution < 1.29 is 9.90 Å². The number of hydrogen-bond acceptors (Lipinski definition) is 8. The first kappa shape index (κ1) is 25.6. The van der Waals surface area contributed by atoms with Crippen LogP contribution >= 0.6 is 12.6 Å². The lowest BCUT2D eigenvalue weighted by atomic mass is 9.93. The van der Waals surface area contributed by atoms with Crippen LogP contribution in [0.25, 0.3) is 11.2 Å². The number of fused-ring (bicyclic) bond motifs is 1. The van der Waals surface area contributed by atoms with Crippen LogP contribution in [-0.2, 0) is 11.3 Å². The van der Waals surface area contributed by atoms with E-state index in [1.165, 1.54) is 0 Å². The number of anilines is 4. The number of nitrogens with one attached hydrogen (secondary N) is 3. The van der Waals surface area contributed by atoms with E-state index in [1.54, 1.807) is 12.4 Å². The highest BCUT2D eigenvalue weighted by atomic mass is 32.1. The van der Waals surface area contributed by atoms with E-state index >= 15 is 0 Å². The number of hydrogen-bond donors (Lipinski definition) is 5. The van der Waals surface area contributed by atoms with Gasteiger partial charge in [-0.3, -0.25) is 4.79 Å². The molecule has 0 radical (unpaired) electrons. The van der Waals surface area contributed by atoms with Gasteiger partial charge in [0.1, 0.15) is 0 Å². The first-order valence-corrected chi connectivity index (χ1v) is 13.1. The van der Waals surface area contributed by atoms with Crippen molar-refractivity contribution in [3.8, 4) is 11.8 Å². The third-order valence-electron chi connectivity index (χ3n) is 6.43. The molecule has 5 rings (SSSR count). The minimum atomic E-state index is -0.422. The number of aryl methyl sites for hydroxylation is 1. The van der Waals surface area contributed by atoms with Crippen LogP contribution in [0.4, 0.5) is 23.1 Å². The molecule has 2 aromatic carbocycles. The van der Waals surface area contributed by atoms with Gasteiger partial charge in [0.15, 0.2) is 17.0 Å². The number of aliphatic hydroxyl groups is 1. The van der Waals surface area contributed by atoms with Crippen LogP contribution < -0.4 is 16.0 Å². The van der Waals surface area contributed by atoms with Gasteiger partial charge in [0.05, 0.1) is 12.4 Å². The fraction of sp³-hybridized carbons (Fsp3) is 0.286. The second kappa shape index (κ2) is 11.5. The Morgan fingerprint density at radius 3 is 2.68 bits per heavy atom. The standard InChI is InChI=1S/C28H29N7O2S/c1-2-35-17-29-25-26(33-28(34-27(25)35)32-19-11-13-22(36)14-12-19)31-21-8-5-7-20(16-21)30-24(37)15-10-18-6-3-4-9-23(18)38/h3-9,16-17,19,22,36,38H,2,11-14H2,1H3,(H,30,37)(H2,31,32,33,34). The molecule has 1 aliphatic rings. The van der Waals surface area contributed by atoms with Crippen molar-refractivity contribution in [1.82, 2.24) is 19.5 Å². The summed E-state index contributed by atoms with van der Waals surface area (Å²) in [6.45, 7) is 2.76. The predicted molar refractivity (Wildman–Crippen MR) is 152 cm³/mol. The Balaban J connectivity index is 1.35. The van der Waals surface area contributed by atoms with E-state index in [2.05, 4.69) is 45.4 Å². The molecule has 0 saturated heterocycles. The number of aromatic nitrogens is 4. The Labute approximate surface area is 226 Å². The van der Waals surface area contributed by atoms with Crippen LogP contribution in [-0.4, -0.2) is 42.7 Å². The molecular formula is C28H29N7O2S. The van der Waals surface area contributed by atoms with E-state index in [0.717, 1.165) is 48.5 Å². The normalized spacial score (nSPS) is 16.9. The molecular weight excluding hydrogens is 498 g/mol. The molecule has 38 heavy (non-hydrogen) atoms. The molecule has 1 fully saturated rings.